The van der Waals surface area contributed by atoms with Gasteiger partial charge in [-0.05, 0) is 11.8 Å². The molecule has 0 bridgehead atoms. The van der Waals surface area contributed by atoms with Gasteiger partial charge in [-0.15, -0.1) is 0 Å². The van der Waals surface area contributed by atoms with E-state index in [0.29, 0.717) is 18.3 Å². The van der Waals surface area contributed by atoms with E-state index in [9.17, 15) is 0 Å². The van der Waals surface area contributed by atoms with Crippen LogP contribution in [0, 0.1) is 23.2 Å². The highest BCUT2D eigenvalue weighted by Gasteiger charge is 2.12. The minimum atomic E-state index is 0.644. The molecular formula is C12H23BrN2. The van der Waals surface area contributed by atoms with Gasteiger partial charge in [0, 0.05) is 31.4 Å². The van der Waals surface area contributed by atoms with Gasteiger partial charge in [0.05, 0.1) is 6.07 Å². The molecule has 0 heterocycles. The van der Waals surface area contributed by atoms with Crippen molar-refractivity contribution >= 4 is 15.9 Å². The molecule has 0 amide bonds. The first-order chi connectivity index (χ1) is 7.13. The van der Waals surface area contributed by atoms with E-state index < -0.39 is 0 Å². The molecule has 0 rings (SSSR count). The Morgan fingerprint density at radius 1 is 1.33 bits per heavy atom. The normalized spacial score (nSPS) is 13.1. The summed E-state index contributed by atoms with van der Waals surface area (Å²) >= 11 is 3.55. The van der Waals surface area contributed by atoms with E-state index in [1.165, 1.54) is 6.42 Å². The zero-order valence-corrected chi connectivity index (χ0v) is 11.8. The first kappa shape index (κ1) is 14.9. The zero-order valence-electron chi connectivity index (χ0n) is 10.2. The van der Waals surface area contributed by atoms with Crippen molar-refractivity contribution in [1.29, 1.82) is 5.26 Å². The maximum absolute atomic E-state index is 8.61. The summed E-state index contributed by atoms with van der Waals surface area (Å²) in [4.78, 5) is 2.42. The molecular weight excluding hydrogens is 252 g/mol. The topological polar surface area (TPSA) is 27.0 Å². The van der Waals surface area contributed by atoms with Gasteiger partial charge in [-0.3, -0.25) is 0 Å². The number of hydrogen-bond donors (Lipinski definition) is 0. The third-order valence-electron chi connectivity index (χ3n) is 2.48. The fourth-order valence-electron chi connectivity index (χ4n) is 1.63. The Labute approximate surface area is 103 Å². The lowest BCUT2D eigenvalue weighted by atomic mass is 10.1. The third kappa shape index (κ3) is 7.81. The Kier molecular flexibility index (Phi) is 9.13. The molecule has 15 heavy (non-hydrogen) atoms. The molecule has 1 atom stereocenters. The molecule has 0 aromatic carbocycles. The van der Waals surface area contributed by atoms with Crippen molar-refractivity contribution in [2.75, 3.05) is 25.0 Å². The highest BCUT2D eigenvalue weighted by molar-refractivity contribution is 9.09. The van der Waals surface area contributed by atoms with E-state index in [2.05, 4.69) is 47.7 Å². The van der Waals surface area contributed by atoms with Crippen molar-refractivity contribution in [3.63, 3.8) is 0 Å². The molecule has 0 aliphatic rings. The predicted octanol–water partition coefficient (Wildman–Crippen LogP) is 3.28. The number of hydrogen-bond acceptors (Lipinski definition) is 2. The van der Waals surface area contributed by atoms with E-state index in [1.54, 1.807) is 0 Å². The van der Waals surface area contributed by atoms with E-state index in [-0.39, 0.29) is 0 Å². The van der Waals surface area contributed by atoms with Gasteiger partial charge in [-0.25, -0.2) is 0 Å². The van der Waals surface area contributed by atoms with E-state index in [4.69, 9.17) is 5.26 Å². The Bertz CT molecular complexity index is 183. The monoisotopic (exact) mass is 274 g/mol. The summed E-state index contributed by atoms with van der Waals surface area (Å²) in [5.41, 5.74) is 0. The van der Waals surface area contributed by atoms with Gasteiger partial charge in [0.15, 0.2) is 0 Å². The second kappa shape index (κ2) is 9.18. The molecule has 0 aromatic rings. The van der Waals surface area contributed by atoms with E-state index >= 15 is 0 Å². The lowest BCUT2D eigenvalue weighted by Gasteiger charge is -2.26. The molecule has 0 radical (unpaired) electrons. The molecule has 0 N–H and O–H groups in total. The molecule has 0 aliphatic carbocycles. The number of nitrogens with zero attached hydrogens (tertiary/aromatic N) is 2. The summed E-state index contributed by atoms with van der Waals surface area (Å²) < 4.78 is 0. The first-order valence-corrected chi connectivity index (χ1v) is 6.91. The molecule has 2 nitrogen and oxygen atoms in total. The Hall–Kier alpha value is -0.0700. The molecule has 0 aromatic heterocycles. The van der Waals surface area contributed by atoms with Crippen LogP contribution in [-0.4, -0.2) is 29.9 Å². The first-order valence-electron chi connectivity index (χ1n) is 5.79. The van der Waals surface area contributed by atoms with E-state index in [0.717, 1.165) is 25.0 Å². The molecule has 3 heteroatoms. The summed E-state index contributed by atoms with van der Waals surface area (Å²) in [6.45, 7) is 9.82. The average molecular weight is 275 g/mol. The summed E-state index contributed by atoms with van der Waals surface area (Å²) in [5.74, 6) is 1.39. The average Bonchev–Trinajstić information content (AvgIpc) is 2.21. The van der Waals surface area contributed by atoms with Crippen LogP contribution in [0.5, 0.6) is 0 Å². The molecule has 88 valence electrons. The summed E-state index contributed by atoms with van der Waals surface area (Å²) in [6, 6.07) is 2.23. The molecule has 0 aliphatic heterocycles. The van der Waals surface area contributed by atoms with Gasteiger partial charge in [-0.2, -0.15) is 5.26 Å². The van der Waals surface area contributed by atoms with Crippen LogP contribution in [0.15, 0.2) is 0 Å². The van der Waals surface area contributed by atoms with Crippen LogP contribution in [0.3, 0.4) is 0 Å². The van der Waals surface area contributed by atoms with Crippen molar-refractivity contribution in [1.82, 2.24) is 4.90 Å². The van der Waals surface area contributed by atoms with Crippen LogP contribution in [0.25, 0.3) is 0 Å². The van der Waals surface area contributed by atoms with Gasteiger partial charge >= 0.3 is 0 Å². The Morgan fingerprint density at radius 2 is 2.00 bits per heavy atom. The standard InChI is InChI=1S/C12H23BrN2/c1-4-12(8-13)10-15(7-5-6-14)9-11(2)3/h11-12H,4-5,7-10H2,1-3H3. The Balaban J connectivity index is 4.04. The molecule has 0 fully saturated rings. The predicted molar refractivity (Wildman–Crippen MR) is 69.1 cm³/mol. The minimum absolute atomic E-state index is 0.644. The second-order valence-electron chi connectivity index (χ2n) is 4.49. The Morgan fingerprint density at radius 3 is 2.40 bits per heavy atom. The highest BCUT2D eigenvalue weighted by atomic mass is 79.9. The molecule has 0 saturated carbocycles. The van der Waals surface area contributed by atoms with Crippen molar-refractivity contribution in [3.05, 3.63) is 0 Å². The van der Waals surface area contributed by atoms with Gasteiger partial charge in [0.25, 0.3) is 0 Å². The van der Waals surface area contributed by atoms with Crippen LogP contribution >= 0.6 is 15.9 Å². The SMILES string of the molecule is CCC(CBr)CN(CCC#N)CC(C)C. The van der Waals surface area contributed by atoms with Crippen molar-refractivity contribution < 1.29 is 0 Å². The second-order valence-corrected chi connectivity index (χ2v) is 5.14. The maximum Gasteiger partial charge on any atom is 0.0635 e. The number of alkyl halides is 1. The maximum atomic E-state index is 8.61. The summed E-state index contributed by atoms with van der Waals surface area (Å²) in [7, 11) is 0. The van der Waals surface area contributed by atoms with Gasteiger partial charge in [0.1, 0.15) is 0 Å². The van der Waals surface area contributed by atoms with Crippen molar-refractivity contribution in [3.8, 4) is 6.07 Å². The fraction of sp³-hybridized carbons (Fsp3) is 0.917. The third-order valence-corrected chi connectivity index (χ3v) is 3.39. The largest absolute Gasteiger partial charge is 0.302 e. The fourth-order valence-corrected chi connectivity index (χ4v) is 2.30. The number of nitriles is 1. The van der Waals surface area contributed by atoms with Gasteiger partial charge < -0.3 is 4.90 Å². The van der Waals surface area contributed by atoms with Crippen molar-refractivity contribution in [2.45, 2.75) is 33.6 Å². The van der Waals surface area contributed by atoms with Crippen LogP contribution < -0.4 is 0 Å². The lowest BCUT2D eigenvalue weighted by Crippen LogP contribution is -2.34. The van der Waals surface area contributed by atoms with Crippen LogP contribution in [-0.2, 0) is 0 Å². The smallest absolute Gasteiger partial charge is 0.0635 e. The van der Waals surface area contributed by atoms with Gasteiger partial charge in [0.2, 0.25) is 0 Å². The summed E-state index contributed by atoms with van der Waals surface area (Å²) in [6.07, 6.45) is 1.85. The van der Waals surface area contributed by atoms with Crippen LogP contribution in [0.2, 0.25) is 0 Å². The van der Waals surface area contributed by atoms with Crippen molar-refractivity contribution in [2.24, 2.45) is 11.8 Å². The van der Waals surface area contributed by atoms with Crippen LogP contribution in [0.4, 0.5) is 0 Å². The number of rotatable bonds is 8. The van der Waals surface area contributed by atoms with Crippen LogP contribution in [0.1, 0.15) is 33.6 Å². The molecule has 0 spiro atoms. The molecule has 0 saturated heterocycles. The minimum Gasteiger partial charge on any atom is -0.302 e. The quantitative estimate of drug-likeness (QED) is 0.636. The lowest BCUT2D eigenvalue weighted by molar-refractivity contribution is 0.218. The number of halogens is 1. The highest BCUT2D eigenvalue weighted by Crippen LogP contribution is 2.11. The van der Waals surface area contributed by atoms with Gasteiger partial charge in [-0.1, -0.05) is 43.1 Å². The zero-order chi connectivity index (χ0) is 11.7. The molecule has 1 unspecified atom stereocenters. The summed E-state index contributed by atoms with van der Waals surface area (Å²) in [5, 5.41) is 9.67. The van der Waals surface area contributed by atoms with E-state index in [1.807, 2.05) is 0 Å².